The first-order valence-electron chi connectivity index (χ1n) is 7.92. The Kier molecular flexibility index (Phi) is 5.56. The summed E-state index contributed by atoms with van der Waals surface area (Å²) in [5.74, 6) is -1.60. The SMILES string of the molecule is COc1ccc(F)cc1C(=O)COC(=O)c1sc(-c2ccccn2)nc1C. The summed E-state index contributed by atoms with van der Waals surface area (Å²) in [4.78, 5) is 33.4. The van der Waals surface area contributed by atoms with Gasteiger partial charge in [-0.25, -0.2) is 14.2 Å². The van der Waals surface area contributed by atoms with E-state index in [1.165, 1.54) is 19.2 Å². The van der Waals surface area contributed by atoms with Crippen LogP contribution >= 0.6 is 11.3 Å². The average molecular weight is 386 g/mol. The van der Waals surface area contributed by atoms with Crippen molar-refractivity contribution in [1.82, 2.24) is 9.97 Å². The summed E-state index contributed by atoms with van der Waals surface area (Å²) >= 11 is 1.13. The van der Waals surface area contributed by atoms with Gasteiger partial charge in [-0.2, -0.15) is 0 Å². The molecular formula is C19H15FN2O4S. The number of carbonyl (C=O) groups is 2. The van der Waals surface area contributed by atoms with Gasteiger partial charge in [-0.05, 0) is 37.3 Å². The molecule has 0 aliphatic carbocycles. The minimum atomic E-state index is -0.670. The molecule has 0 spiro atoms. The Hall–Kier alpha value is -3.13. The summed E-state index contributed by atoms with van der Waals surface area (Å²) in [6, 6.07) is 8.96. The van der Waals surface area contributed by atoms with E-state index in [1.807, 2.05) is 6.07 Å². The van der Waals surface area contributed by atoms with Gasteiger partial charge in [-0.15, -0.1) is 11.3 Å². The van der Waals surface area contributed by atoms with Crippen LogP contribution < -0.4 is 4.74 Å². The molecule has 0 aliphatic heterocycles. The van der Waals surface area contributed by atoms with Crippen LogP contribution in [0, 0.1) is 12.7 Å². The van der Waals surface area contributed by atoms with Gasteiger partial charge in [-0.3, -0.25) is 9.78 Å². The molecule has 1 aromatic carbocycles. The maximum absolute atomic E-state index is 13.4. The molecular weight excluding hydrogens is 371 g/mol. The zero-order valence-electron chi connectivity index (χ0n) is 14.6. The number of pyridine rings is 1. The number of Topliss-reactive ketones (excluding diaryl/α,β-unsaturated/α-hetero) is 1. The predicted octanol–water partition coefficient (Wildman–Crippen LogP) is 3.70. The van der Waals surface area contributed by atoms with E-state index in [0.717, 1.165) is 17.4 Å². The van der Waals surface area contributed by atoms with E-state index in [1.54, 1.807) is 25.3 Å². The molecule has 138 valence electrons. The molecule has 2 aromatic heterocycles. The van der Waals surface area contributed by atoms with Crippen molar-refractivity contribution in [2.24, 2.45) is 0 Å². The highest BCUT2D eigenvalue weighted by Crippen LogP contribution is 2.27. The lowest BCUT2D eigenvalue weighted by Crippen LogP contribution is -2.15. The topological polar surface area (TPSA) is 78.4 Å². The summed E-state index contributed by atoms with van der Waals surface area (Å²) in [7, 11) is 1.37. The quantitative estimate of drug-likeness (QED) is 0.475. The van der Waals surface area contributed by atoms with Gasteiger partial charge in [0.1, 0.15) is 21.5 Å². The fourth-order valence-electron chi connectivity index (χ4n) is 2.36. The van der Waals surface area contributed by atoms with Crippen LogP contribution in [0.5, 0.6) is 5.75 Å². The molecule has 0 amide bonds. The summed E-state index contributed by atoms with van der Waals surface area (Å²) in [6.45, 7) is 1.14. The van der Waals surface area contributed by atoms with Crippen LogP contribution in [0.25, 0.3) is 10.7 Å². The molecule has 0 unspecified atom stereocenters. The first-order valence-corrected chi connectivity index (χ1v) is 8.74. The molecule has 0 bridgehead atoms. The minimum absolute atomic E-state index is 0.0144. The first kappa shape index (κ1) is 18.7. The number of aromatic nitrogens is 2. The van der Waals surface area contributed by atoms with Gasteiger partial charge in [0.2, 0.25) is 5.78 Å². The fraction of sp³-hybridized carbons (Fsp3) is 0.158. The lowest BCUT2D eigenvalue weighted by atomic mass is 10.1. The Balaban J connectivity index is 1.72. The molecule has 2 heterocycles. The van der Waals surface area contributed by atoms with Crippen molar-refractivity contribution in [2.45, 2.75) is 6.92 Å². The number of esters is 1. The monoisotopic (exact) mass is 386 g/mol. The van der Waals surface area contributed by atoms with Crippen LogP contribution in [0.2, 0.25) is 0 Å². The van der Waals surface area contributed by atoms with Crippen molar-refractivity contribution in [3.05, 3.63) is 64.5 Å². The van der Waals surface area contributed by atoms with E-state index in [9.17, 15) is 14.0 Å². The van der Waals surface area contributed by atoms with Crippen LogP contribution in [0.15, 0.2) is 42.6 Å². The van der Waals surface area contributed by atoms with Gasteiger partial charge < -0.3 is 9.47 Å². The van der Waals surface area contributed by atoms with E-state index < -0.39 is 24.2 Å². The second kappa shape index (κ2) is 8.05. The van der Waals surface area contributed by atoms with Crippen LogP contribution in [0.3, 0.4) is 0 Å². The number of ketones is 1. The van der Waals surface area contributed by atoms with Crippen molar-refractivity contribution in [2.75, 3.05) is 13.7 Å². The lowest BCUT2D eigenvalue weighted by molar-refractivity contribution is 0.0477. The number of hydrogen-bond donors (Lipinski definition) is 0. The maximum atomic E-state index is 13.4. The molecule has 0 saturated heterocycles. The van der Waals surface area contributed by atoms with E-state index in [-0.39, 0.29) is 16.2 Å². The summed E-state index contributed by atoms with van der Waals surface area (Å²) in [6.07, 6.45) is 1.63. The molecule has 8 heteroatoms. The highest BCUT2D eigenvalue weighted by molar-refractivity contribution is 7.17. The number of thiazole rings is 1. The zero-order chi connectivity index (χ0) is 19.4. The normalized spacial score (nSPS) is 10.5. The van der Waals surface area contributed by atoms with E-state index in [4.69, 9.17) is 9.47 Å². The Bertz CT molecular complexity index is 989. The van der Waals surface area contributed by atoms with Gasteiger partial charge in [0, 0.05) is 6.20 Å². The Morgan fingerprint density at radius 3 is 2.74 bits per heavy atom. The highest BCUT2D eigenvalue weighted by atomic mass is 32.1. The van der Waals surface area contributed by atoms with Crippen molar-refractivity contribution in [3.8, 4) is 16.5 Å². The number of carbonyl (C=O) groups excluding carboxylic acids is 2. The number of benzene rings is 1. The van der Waals surface area contributed by atoms with Gasteiger partial charge in [0.25, 0.3) is 0 Å². The second-order valence-electron chi connectivity index (χ2n) is 5.49. The van der Waals surface area contributed by atoms with Crippen molar-refractivity contribution >= 4 is 23.1 Å². The van der Waals surface area contributed by atoms with Gasteiger partial charge in [-0.1, -0.05) is 6.07 Å². The zero-order valence-corrected chi connectivity index (χ0v) is 15.4. The third-order valence-electron chi connectivity index (χ3n) is 3.66. The summed E-state index contributed by atoms with van der Waals surface area (Å²) < 4.78 is 23.5. The molecule has 3 aromatic rings. The van der Waals surface area contributed by atoms with Crippen LogP contribution in [-0.4, -0.2) is 35.4 Å². The number of halogens is 1. The van der Waals surface area contributed by atoms with Gasteiger partial charge in [0.15, 0.2) is 6.61 Å². The van der Waals surface area contributed by atoms with E-state index >= 15 is 0 Å². The molecule has 0 N–H and O–H groups in total. The fourth-order valence-corrected chi connectivity index (χ4v) is 3.29. The molecule has 27 heavy (non-hydrogen) atoms. The summed E-state index contributed by atoms with van der Waals surface area (Å²) in [5, 5.41) is 0.582. The molecule has 6 nitrogen and oxygen atoms in total. The predicted molar refractivity (Wildman–Crippen MR) is 97.6 cm³/mol. The average Bonchev–Trinajstić information content (AvgIpc) is 3.08. The minimum Gasteiger partial charge on any atom is -0.496 e. The number of nitrogens with zero attached hydrogens (tertiary/aromatic N) is 2. The molecule has 0 fully saturated rings. The molecule has 0 radical (unpaired) electrons. The largest absolute Gasteiger partial charge is 0.496 e. The maximum Gasteiger partial charge on any atom is 0.350 e. The third kappa shape index (κ3) is 4.17. The number of ether oxygens (including phenoxy) is 2. The Labute approximate surface area is 158 Å². The summed E-state index contributed by atoms with van der Waals surface area (Å²) in [5.41, 5.74) is 1.15. The van der Waals surface area contributed by atoms with Crippen molar-refractivity contribution in [1.29, 1.82) is 0 Å². The number of aryl methyl sites for hydroxylation is 1. The Morgan fingerprint density at radius 1 is 1.22 bits per heavy atom. The highest BCUT2D eigenvalue weighted by Gasteiger charge is 2.21. The van der Waals surface area contributed by atoms with E-state index in [2.05, 4.69) is 9.97 Å². The van der Waals surface area contributed by atoms with Crippen molar-refractivity contribution in [3.63, 3.8) is 0 Å². The number of rotatable bonds is 6. The van der Waals surface area contributed by atoms with Crippen molar-refractivity contribution < 1.29 is 23.5 Å². The number of hydrogen-bond acceptors (Lipinski definition) is 7. The Morgan fingerprint density at radius 2 is 2.04 bits per heavy atom. The van der Waals surface area contributed by atoms with Gasteiger partial charge >= 0.3 is 5.97 Å². The number of methoxy groups -OCH3 is 1. The third-order valence-corrected chi connectivity index (χ3v) is 4.82. The molecule has 0 atom stereocenters. The van der Waals surface area contributed by atoms with Crippen LogP contribution in [0.1, 0.15) is 25.7 Å². The van der Waals surface area contributed by atoms with Crippen LogP contribution in [-0.2, 0) is 4.74 Å². The molecule has 0 aliphatic rings. The smallest absolute Gasteiger partial charge is 0.350 e. The van der Waals surface area contributed by atoms with Crippen LogP contribution in [0.4, 0.5) is 4.39 Å². The van der Waals surface area contributed by atoms with E-state index in [0.29, 0.717) is 16.4 Å². The molecule has 0 saturated carbocycles. The standard InChI is InChI=1S/C19H15FN2O4S/c1-11-17(27-18(22-11)14-5-3-4-8-21-14)19(24)26-10-15(23)13-9-12(20)6-7-16(13)25-2/h3-9H,10H2,1-2H3. The van der Waals surface area contributed by atoms with Gasteiger partial charge in [0.05, 0.1) is 24.1 Å². The molecule has 3 rings (SSSR count). The lowest BCUT2D eigenvalue weighted by Gasteiger charge is -2.08. The second-order valence-corrected chi connectivity index (χ2v) is 6.49. The first-order chi connectivity index (χ1) is 13.0.